The average molecular weight is 319 g/mol. The molecule has 0 unspecified atom stereocenters. The molecule has 0 amide bonds. The number of hydrogen-bond acceptors (Lipinski definition) is 1. The van der Waals surface area contributed by atoms with E-state index in [-0.39, 0.29) is 17.6 Å². The number of nitrogens with zero attached hydrogens (tertiary/aromatic N) is 1. The normalized spacial score (nSPS) is 13.3. The van der Waals surface area contributed by atoms with Crippen molar-refractivity contribution >= 4 is 10.8 Å². The van der Waals surface area contributed by atoms with Crippen molar-refractivity contribution in [1.29, 1.82) is 0 Å². The smallest absolute Gasteiger partial charge is 0.0840 e. The first-order valence-electron chi connectivity index (χ1n) is 9.61. The van der Waals surface area contributed by atoms with E-state index in [2.05, 4.69) is 76.9 Å². The lowest BCUT2D eigenvalue weighted by Crippen LogP contribution is -2.11. The summed E-state index contributed by atoms with van der Waals surface area (Å²) in [6.45, 7) is 13.0. The van der Waals surface area contributed by atoms with Gasteiger partial charge in [-0.15, -0.1) is 0 Å². The standard InChI is InChI=1S/C23H27N/c1-15(2)17-7-8-21-18(13-17)9-10-24-22(21)19-11-16(3)12-20(14-19)23(4,5)6/h7-15H,1-6H3/i9D,10D. The topological polar surface area (TPSA) is 12.9 Å². The van der Waals surface area contributed by atoms with Gasteiger partial charge in [-0.25, -0.2) is 0 Å². The highest BCUT2D eigenvalue weighted by Crippen LogP contribution is 2.32. The van der Waals surface area contributed by atoms with Gasteiger partial charge in [0.15, 0.2) is 0 Å². The molecule has 3 aromatic rings. The Morgan fingerprint density at radius 3 is 2.46 bits per heavy atom. The molecule has 0 saturated heterocycles. The summed E-state index contributed by atoms with van der Waals surface area (Å²) in [5.41, 5.74) is 5.48. The second-order valence-electron chi connectivity index (χ2n) is 7.99. The Hall–Kier alpha value is -2.15. The van der Waals surface area contributed by atoms with Crippen molar-refractivity contribution < 1.29 is 2.74 Å². The SMILES string of the molecule is [2H]c1nc(-c2cc(C)cc(C(C)(C)C)c2)c2ccc(C(C)C)cc2c1[2H]. The number of rotatable bonds is 2. The Balaban J connectivity index is 2.33. The fraction of sp³-hybridized carbons (Fsp3) is 0.348. The Morgan fingerprint density at radius 1 is 1.04 bits per heavy atom. The summed E-state index contributed by atoms with van der Waals surface area (Å²) in [5.74, 6) is 0.385. The molecule has 0 saturated carbocycles. The van der Waals surface area contributed by atoms with E-state index in [0.29, 0.717) is 5.92 Å². The number of hydrogen-bond donors (Lipinski definition) is 0. The second kappa shape index (κ2) is 6.05. The minimum atomic E-state index is 0.0345. The molecule has 124 valence electrons. The zero-order chi connectivity index (χ0) is 19.2. The van der Waals surface area contributed by atoms with Crippen LogP contribution in [0.2, 0.25) is 0 Å². The van der Waals surface area contributed by atoms with Crippen LogP contribution in [-0.2, 0) is 5.41 Å². The summed E-state index contributed by atoms with van der Waals surface area (Å²) in [6.07, 6.45) is 0.0345. The second-order valence-corrected chi connectivity index (χ2v) is 7.99. The van der Waals surface area contributed by atoms with Crippen molar-refractivity contribution in [3.05, 3.63) is 65.3 Å². The monoisotopic (exact) mass is 319 g/mol. The third-order valence-corrected chi connectivity index (χ3v) is 4.54. The number of aromatic nitrogens is 1. The van der Waals surface area contributed by atoms with Crippen LogP contribution in [0.3, 0.4) is 0 Å². The first-order valence-corrected chi connectivity index (χ1v) is 8.61. The maximum absolute atomic E-state index is 8.32. The molecule has 0 spiro atoms. The fourth-order valence-corrected chi connectivity index (χ4v) is 3.01. The summed E-state index contributed by atoms with van der Waals surface area (Å²) in [7, 11) is 0. The molecular weight excluding hydrogens is 290 g/mol. The van der Waals surface area contributed by atoms with E-state index in [1.807, 2.05) is 6.07 Å². The molecule has 1 aromatic heterocycles. The minimum absolute atomic E-state index is 0.0345. The van der Waals surface area contributed by atoms with E-state index in [1.165, 1.54) is 16.7 Å². The molecule has 0 radical (unpaired) electrons. The van der Waals surface area contributed by atoms with E-state index < -0.39 is 0 Å². The van der Waals surface area contributed by atoms with Crippen LogP contribution in [-0.4, -0.2) is 4.98 Å². The van der Waals surface area contributed by atoms with Gasteiger partial charge in [0.1, 0.15) is 0 Å². The molecule has 1 heteroatoms. The molecule has 3 rings (SSSR count). The molecule has 0 fully saturated rings. The fourth-order valence-electron chi connectivity index (χ4n) is 3.01. The highest BCUT2D eigenvalue weighted by atomic mass is 14.7. The maximum Gasteiger partial charge on any atom is 0.0840 e. The van der Waals surface area contributed by atoms with Crippen LogP contribution in [0, 0.1) is 6.92 Å². The van der Waals surface area contributed by atoms with Crippen molar-refractivity contribution in [2.75, 3.05) is 0 Å². The van der Waals surface area contributed by atoms with Crippen LogP contribution >= 0.6 is 0 Å². The lowest BCUT2D eigenvalue weighted by atomic mass is 9.84. The molecule has 0 bridgehead atoms. The van der Waals surface area contributed by atoms with E-state index in [0.717, 1.165) is 22.0 Å². The van der Waals surface area contributed by atoms with Gasteiger partial charge >= 0.3 is 0 Å². The summed E-state index contributed by atoms with van der Waals surface area (Å²) >= 11 is 0. The molecule has 2 aromatic carbocycles. The van der Waals surface area contributed by atoms with Gasteiger partial charge in [0.05, 0.1) is 8.44 Å². The molecule has 0 N–H and O–H groups in total. The van der Waals surface area contributed by atoms with Gasteiger partial charge in [0.25, 0.3) is 0 Å². The summed E-state index contributed by atoms with van der Waals surface area (Å²) in [6, 6.07) is 12.9. The molecule has 0 aliphatic carbocycles. The van der Waals surface area contributed by atoms with Crippen LogP contribution in [0.25, 0.3) is 22.0 Å². The van der Waals surface area contributed by atoms with Gasteiger partial charge in [0, 0.05) is 17.1 Å². The van der Waals surface area contributed by atoms with Gasteiger partial charge in [-0.05, 0) is 52.9 Å². The van der Waals surface area contributed by atoms with Crippen LogP contribution in [0.1, 0.15) is 60.0 Å². The van der Waals surface area contributed by atoms with Gasteiger partial charge in [0.2, 0.25) is 0 Å². The Labute approximate surface area is 148 Å². The number of pyridine rings is 1. The summed E-state index contributed by atoms with van der Waals surface area (Å²) in [5, 5.41) is 1.76. The number of aryl methyl sites for hydroxylation is 1. The molecule has 1 heterocycles. The highest BCUT2D eigenvalue weighted by Gasteiger charge is 2.16. The zero-order valence-electron chi connectivity index (χ0n) is 17.5. The van der Waals surface area contributed by atoms with Crippen molar-refractivity contribution in [3.63, 3.8) is 0 Å². The van der Waals surface area contributed by atoms with Gasteiger partial charge in [-0.3, -0.25) is 4.98 Å². The third kappa shape index (κ3) is 3.21. The molecule has 0 aliphatic heterocycles. The lowest BCUT2D eigenvalue weighted by molar-refractivity contribution is 0.590. The largest absolute Gasteiger partial charge is 0.256 e. The molecule has 24 heavy (non-hydrogen) atoms. The average Bonchev–Trinajstić information content (AvgIpc) is 2.56. The van der Waals surface area contributed by atoms with Crippen molar-refractivity contribution in [1.82, 2.24) is 4.98 Å². The zero-order valence-corrected chi connectivity index (χ0v) is 15.5. The molecule has 0 aliphatic rings. The number of fused-ring (bicyclic) bond motifs is 1. The Bertz CT molecular complexity index is 982. The summed E-state index contributed by atoms with van der Waals surface area (Å²) < 4.78 is 16.5. The van der Waals surface area contributed by atoms with Gasteiger partial charge in [-0.2, -0.15) is 0 Å². The van der Waals surface area contributed by atoms with Crippen molar-refractivity contribution in [3.8, 4) is 11.3 Å². The van der Waals surface area contributed by atoms with Crippen LogP contribution in [0.4, 0.5) is 0 Å². The van der Waals surface area contributed by atoms with E-state index in [9.17, 15) is 0 Å². The maximum atomic E-state index is 8.32. The predicted octanol–water partition coefficient (Wildman–Crippen LogP) is 6.63. The van der Waals surface area contributed by atoms with E-state index in [4.69, 9.17) is 2.74 Å². The van der Waals surface area contributed by atoms with Gasteiger partial charge < -0.3 is 0 Å². The van der Waals surface area contributed by atoms with Gasteiger partial charge in [-0.1, -0.05) is 64.4 Å². The third-order valence-electron chi connectivity index (χ3n) is 4.54. The summed E-state index contributed by atoms with van der Waals surface area (Å²) in [4.78, 5) is 4.49. The predicted molar refractivity (Wildman–Crippen MR) is 105 cm³/mol. The first-order chi connectivity index (χ1) is 12.1. The van der Waals surface area contributed by atoms with E-state index in [1.54, 1.807) is 0 Å². The quantitative estimate of drug-likeness (QED) is 0.516. The van der Waals surface area contributed by atoms with Crippen LogP contribution in [0.5, 0.6) is 0 Å². The Morgan fingerprint density at radius 2 is 1.79 bits per heavy atom. The van der Waals surface area contributed by atoms with E-state index >= 15 is 0 Å². The molecule has 1 nitrogen and oxygen atoms in total. The number of benzene rings is 2. The lowest BCUT2D eigenvalue weighted by Gasteiger charge is -2.21. The first kappa shape index (κ1) is 14.2. The van der Waals surface area contributed by atoms with Crippen molar-refractivity contribution in [2.45, 2.75) is 52.9 Å². The molecule has 0 atom stereocenters. The van der Waals surface area contributed by atoms with Crippen LogP contribution in [0.15, 0.2) is 48.6 Å². The van der Waals surface area contributed by atoms with Crippen molar-refractivity contribution in [2.24, 2.45) is 0 Å². The minimum Gasteiger partial charge on any atom is -0.256 e. The highest BCUT2D eigenvalue weighted by molar-refractivity contribution is 5.95. The van der Waals surface area contributed by atoms with Crippen LogP contribution < -0.4 is 0 Å². The molecular formula is C23H27N. The Kier molecular flexibility index (Phi) is 3.58.